The number of rotatable bonds is 5. The quantitative estimate of drug-likeness (QED) is 0.829. The second-order valence-electron chi connectivity index (χ2n) is 4.28. The largest absolute Gasteiger partial charge is 0.496 e. The third-order valence-corrected chi connectivity index (χ3v) is 3.12. The molecule has 3 heteroatoms. The highest BCUT2D eigenvalue weighted by atomic mass is 16.5. The van der Waals surface area contributed by atoms with E-state index in [4.69, 9.17) is 9.84 Å². The molecule has 3 nitrogen and oxygen atoms in total. The molecule has 0 heterocycles. The van der Waals surface area contributed by atoms with Gasteiger partial charge < -0.3 is 9.84 Å². The summed E-state index contributed by atoms with van der Waals surface area (Å²) < 4.78 is 5.29. The molecule has 1 aromatic rings. The highest BCUT2D eigenvalue weighted by Gasteiger charge is 2.35. The van der Waals surface area contributed by atoms with E-state index in [0.717, 1.165) is 24.2 Å². The van der Waals surface area contributed by atoms with Crippen LogP contribution in [-0.4, -0.2) is 18.2 Å². The first kappa shape index (κ1) is 11.0. The fraction of sp³-hybridized carbons (Fsp3) is 0.462. The second-order valence-corrected chi connectivity index (χ2v) is 4.28. The summed E-state index contributed by atoms with van der Waals surface area (Å²) >= 11 is 0. The van der Waals surface area contributed by atoms with Gasteiger partial charge in [-0.3, -0.25) is 4.79 Å². The van der Waals surface area contributed by atoms with E-state index >= 15 is 0 Å². The van der Waals surface area contributed by atoms with Gasteiger partial charge in [0.05, 0.1) is 13.5 Å². The Labute approximate surface area is 95.0 Å². The van der Waals surface area contributed by atoms with Gasteiger partial charge in [0.15, 0.2) is 0 Å². The van der Waals surface area contributed by atoms with Crippen molar-refractivity contribution < 1.29 is 14.6 Å². The van der Waals surface area contributed by atoms with Gasteiger partial charge in [0, 0.05) is 5.92 Å². The molecule has 2 rings (SSSR count). The number of hydrogen-bond acceptors (Lipinski definition) is 2. The van der Waals surface area contributed by atoms with Crippen LogP contribution >= 0.6 is 0 Å². The molecule has 86 valence electrons. The van der Waals surface area contributed by atoms with Gasteiger partial charge in [-0.1, -0.05) is 18.2 Å². The highest BCUT2D eigenvalue weighted by Crippen LogP contribution is 2.46. The minimum atomic E-state index is -0.734. The summed E-state index contributed by atoms with van der Waals surface area (Å²) in [5.74, 6) is 0.699. The number of carboxylic acids is 1. The molecule has 0 aliphatic heterocycles. The maximum atomic E-state index is 10.9. The molecular weight excluding hydrogens is 204 g/mol. The molecular formula is C13H16O3. The lowest BCUT2D eigenvalue weighted by Gasteiger charge is -2.17. The average Bonchev–Trinajstić information content (AvgIpc) is 3.09. The summed E-state index contributed by atoms with van der Waals surface area (Å²) in [4.78, 5) is 10.9. The van der Waals surface area contributed by atoms with Crippen molar-refractivity contribution >= 4 is 5.97 Å². The van der Waals surface area contributed by atoms with Crippen LogP contribution in [-0.2, 0) is 4.79 Å². The van der Waals surface area contributed by atoms with Gasteiger partial charge in [0.2, 0.25) is 0 Å². The maximum Gasteiger partial charge on any atom is 0.303 e. The van der Waals surface area contributed by atoms with Crippen molar-refractivity contribution in [3.8, 4) is 5.75 Å². The molecule has 0 amide bonds. The van der Waals surface area contributed by atoms with Gasteiger partial charge in [-0.15, -0.1) is 0 Å². The first-order valence-corrected chi connectivity index (χ1v) is 5.57. The van der Waals surface area contributed by atoms with E-state index in [1.807, 2.05) is 24.3 Å². The van der Waals surface area contributed by atoms with Crippen LogP contribution in [0, 0.1) is 5.92 Å². The smallest absolute Gasteiger partial charge is 0.303 e. The molecule has 1 unspecified atom stereocenters. The van der Waals surface area contributed by atoms with Crippen LogP contribution in [0.2, 0.25) is 0 Å². The Morgan fingerprint density at radius 2 is 2.19 bits per heavy atom. The zero-order valence-corrected chi connectivity index (χ0v) is 9.35. The van der Waals surface area contributed by atoms with Crippen molar-refractivity contribution in [2.45, 2.75) is 25.2 Å². The van der Waals surface area contributed by atoms with Crippen molar-refractivity contribution in [2.24, 2.45) is 5.92 Å². The number of hydrogen-bond donors (Lipinski definition) is 1. The number of carbonyl (C=O) groups is 1. The monoisotopic (exact) mass is 220 g/mol. The molecule has 1 aliphatic carbocycles. The Balaban J connectivity index is 2.26. The summed E-state index contributed by atoms with van der Waals surface area (Å²) in [5.41, 5.74) is 1.04. The summed E-state index contributed by atoms with van der Waals surface area (Å²) in [6.07, 6.45) is 2.47. The molecule has 1 atom stereocenters. The van der Waals surface area contributed by atoms with Gasteiger partial charge in [0.1, 0.15) is 5.75 Å². The molecule has 0 aromatic heterocycles. The fourth-order valence-corrected chi connectivity index (χ4v) is 2.19. The van der Waals surface area contributed by atoms with Crippen molar-refractivity contribution in [3.05, 3.63) is 29.8 Å². The molecule has 1 aromatic carbocycles. The average molecular weight is 220 g/mol. The van der Waals surface area contributed by atoms with Crippen molar-refractivity contribution in [2.75, 3.05) is 7.11 Å². The lowest BCUT2D eigenvalue weighted by atomic mass is 9.90. The van der Waals surface area contributed by atoms with E-state index in [-0.39, 0.29) is 12.3 Å². The Morgan fingerprint density at radius 1 is 1.50 bits per heavy atom. The zero-order valence-electron chi connectivity index (χ0n) is 9.35. The number of aliphatic carboxylic acids is 1. The van der Waals surface area contributed by atoms with E-state index in [2.05, 4.69) is 0 Å². The van der Waals surface area contributed by atoms with Crippen LogP contribution in [0.5, 0.6) is 5.75 Å². The predicted octanol–water partition coefficient (Wildman–Crippen LogP) is 2.66. The second kappa shape index (κ2) is 4.56. The lowest BCUT2D eigenvalue weighted by Crippen LogP contribution is -2.09. The minimum Gasteiger partial charge on any atom is -0.496 e. The molecule has 0 spiro atoms. The molecule has 0 saturated heterocycles. The van der Waals surface area contributed by atoms with Crippen LogP contribution in [0.4, 0.5) is 0 Å². The number of benzene rings is 1. The molecule has 0 bridgehead atoms. The van der Waals surface area contributed by atoms with Crippen molar-refractivity contribution in [1.29, 1.82) is 0 Å². The van der Waals surface area contributed by atoms with Gasteiger partial charge >= 0.3 is 5.97 Å². The number of ether oxygens (including phenoxy) is 1. The highest BCUT2D eigenvalue weighted by molar-refractivity contribution is 5.68. The summed E-state index contributed by atoms with van der Waals surface area (Å²) in [7, 11) is 1.63. The summed E-state index contributed by atoms with van der Waals surface area (Å²) in [6.45, 7) is 0. The van der Waals surface area contributed by atoms with Gasteiger partial charge in [-0.25, -0.2) is 0 Å². The summed E-state index contributed by atoms with van der Waals surface area (Å²) in [6, 6.07) is 7.72. The van der Waals surface area contributed by atoms with Gasteiger partial charge in [-0.05, 0) is 30.4 Å². The van der Waals surface area contributed by atoms with E-state index in [1.54, 1.807) is 7.11 Å². The molecule has 16 heavy (non-hydrogen) atoms. The summed E-state index contributed by atoms with van der Waals surface area (Å²) in [5, 5.41) is 8.94. The number of para-hydroxylation sites is 1. The van der Waals surface area contributed by atoms with E-state index in [9.17, 15) is 4.79 Å². The fourth-order valence-electron chi connectivity index (χ4n) is 2.19. The Hall–Kier alpha value is -1.51. The Kier molecular flexibility index (Phi) is 3.13. The topological polar surface area (TPSA) is 46.5 Å². The van der Waals surface area contributed by atoms with E-state index < -0.39 is 5.97 Å². The maximum absolute atomic E-state index is 10.9. The zero-order chi connectivity index (χ0) is 11.5. The SMILES string of the molecule is COc1ccccc1C(CC(=O)O)C1CC1. The van der Waals surface area contributed by atoms with Crippen LogP contribution < -0.4 is 4.74 Å². The Morgan fingerprint density at radius 3 is 2.75 bits per heavy atom. The first-order valence-electron chi connectivity index (χ1n) is 5.57. The first-order chi connectivity index (χ1) is 7.72. The third-order valence-electron chi connectivity index (χ3n) is 3.12. The molecule has 1 saturated carbocycles. The van der Waals surface area contributed by atoms with Crippen molar-refractivity contribution in [3.63, 3.8) is 0 Å². The predicted molar refractivity (Wildman–Crippen MR) is 60.7 cm³/mol. The lowest BCUT2D eigenvalue weighted by molar-refractivity contribution is -0.137. The molecule has 0 radical (unpaired) electrons. The third kappa shape index (κ3) is 2.35. The molecule has 1 aliphatic rings. The minimum absolute atomic E-state index is 0.105. The van der Waals surface area contributed by atoms with E-state index in [1.165, 1.54) is 0 Å². The molecule has 1 N–H and O–H groups in total. The standard InChI is InChI=1S/C13H16O3/c1-16-12-5-3-2-4-10(12)11(8-13(14)15)9-6-7-9/h2-5,9,11H,6-8H2,1H3,(H,14,15). The number of methoxy groups -OCH3 is 1. The molecule has 1 fully saturated rings. The van der Waals surface area contributed by atoms with Crippen LogP contribution in [0.3, 0.4) is 0 Å². The normalized spacial score (nSPS) is 16.8. The van der Waals surface area contributed by atoms with Crippen LogP contribution in [0.25, 0.3) is 0 Å². The van der Waals surface area contributed by atoms with Crippen LogP contribution in [0.1, 0.15) is 30.7 Å². The van der Waals surface area contributed by atoms with E-state index in [0.29, 0.717) is 5.92 Å². The van der Waals surface area contributed by atoms with Gasteiger partial charge in [0.25, 0.3) is 0 Å². The van der Waals surface area contributed by atoms with Crippen molar-refractivity contribution in [1.82, 2.24) is 0 Å². The van der Waals surface area contributed by atoms with Crippen LogP contribution in [0.15, 0.2) is 24.3 Å². The Bertz CT molecular complexity index is 383. The van der Waals surface area contributed by atoms with Gasteiger partial charge in [-0.2, -0.15) is 0 Å². The number of carboxylic acid groups (broad SMARTS) is 1.